The summed E-state index contributed by atoms with van der Waals surface area (Å²) in [5, 5.41) is 2.79. The molecule has 1 aromatic heterocycles. The van der Waals surface area contributed by atoms with E-state index in [0.29, 0.717) is 11.7 Å². The second-order valence-corrected chi connectivity index (χ2v) is 4.59. The van der Waals surface area contributed by atoms with Gasteiger partial charge in [0.1, 0.15) is 5.82 Å². The number of carbonyl (C=O) groups excluding carboxylic acids is 1. The van der Waals surface area contributed by atoms with Gasteiger partial charge < -0.3 is 5.32 Å². The summed E-state index contributed by atoms with van der Waals surface area (Å²) in [6, 6.07) is 3.65. The van der Waals surface area contributed by atoms with Gasteiger partial charge in [0.15, 0.2) is 0 Å². The van der Waals surface area contributed by atoms with Gasteiger partial charge in [0.05, 0.1) is 0 Å². The zero-order valence-corrected chi connectivity index (χ0v) is 9.41. The molecule has 0 spiro atoms. The maximum absolute atomic E-state index is 11.5. The van der Waals surface area contributed by atoms with Gasteiger partial charge in [-0.2, -0.15) is 0 Å². The lowest BCUT2D eigenvalue weighted by Gasteiger charge is -2.02. The van der Waals surface area contributed by atoms with E-state index in [4.69, 9.17) is 0 Å². The van der Waals surface area contributed by atoms with Crippen LogP contribution in [0, 0.1) is 11.8 Å². The fraction of sp³-hybridized carbons (Fsp3) is 0.400. The van der Waals surface area contributed by atoms with Gasteiger partial charge >= 0.3 is 0 Å². The Morgan fingerprint density at radius 3 is 2.86 bits per heavy atom. The molecule has 0 saturated heterocycles. The first-order valence-corrected chi connectivity index (χ1v) is 5.38. The van der Waals surface area contributed by atoms with Crippen molar-refractivity contribution < 1.29 is 4.79 Å². The first kappa shape index (κ1) is 9.65. The van der Waals surface area contributed by atoms with Crippen molar-refractivity contribution in [2.75, 3.05) is 5.32 Å². The van der Waals surface area contributed by atoms with Gasteiger partial charge in [0.25, 0.3) is 0 Å². The number of nitrogens with one attached hydrogen (secondary N) is 1. The molecule has 0 radical (unpaired) electrons. The molecule has 14 heavy (non-hydrogen) atoms. The molecule has 1 N–H and O–H groups in total. The summed E-state index contributed by atoms with van der Waals surface area (Å²) in [6.07, 6.45) is 2.67. The Kier molecular flexibility index (Phi) is 2.54. The molecule has 0 bridgehead atoms. The molecule has 0 aromatic carbocycles. The molecule has 0 unspecified atom stereocenters. The standard InChI is InChI=1S/C10H11BrN2O/c1-6-4-8(6)10(14)13-9-3-2-7(11)5-12-9/h2-3,5-6,8H,4H2,1H3,(H,12,13,14)/t6-,8-/m0/s1. The molecule has 1 saturated carbocycles. The highest BCUT2D eigenvalue weighted by Crippen LogP contribution is 2.38. The molecule has 2 atom stereocenters. The number of aromatic nitrogens is 1. The molecule has 1 fully saturated rings. The summed E-state index contributed by atoms with van der Waals surface area (Å²) < 4.78 is 0.912. The van der Waals surface area contributed by atoms with Crippen LogP contribution in [-0.4, -0.2) is 10.9 Å². The number of nitrogens with zero attached hydrogens (tertiary/aromatic N) is 1. The number of rotatable bonds is 2. The average molecular weight is 255 g/mol. The topological polar surface area (TPSA) is 42.0 Å². The number of carbonyl (C=O) groups is 1. The number of hydrogen-bond donors (Lipinski definition) is 1. The Bertz CT molecular complexity index is 350. The number of amides is 1. The predicted octanol–water partition coefficient (Wildman–Crippen LogP) is 2.44. The van der Waals surface area contributed by atoms with E-state index in [1.807, 2.05) is 6.07 Å². The molecule has 1 aromatic rings. The van der Waals surface area contributed by atoms with Gasteiger partial charge in [-0.3, -0.25) is 4.79 Å². The lowest BCUT2D eigenvalue weighted by molar-refractivity contribution is -0.117. The van der Waals surface area contributed by atoms with Crippen molar-refractivity contribution in [1.29, 1.82) is 0 Å². The molecular weight excluding hydrogens is 244 g/mol. The number of halogens is 1. The number of hydrogen-bond acceptors (Lipinski definition) is 2. The SMILES string of the molecule is C[C@H]1C[C@@H]1C(=O)Nc1ccc(Br)cn1. The molecule has 0 aliphatic heterocycles. The summed E-state index contributed by atoms with van der Waals surface area (Å²) in [6.45, 7) is 2.08. The van der Waals surface area contributed by atoms with Gasteiger partial charge in [-0.25, -0.2) is 4.98 Å². The summed E-state index contributed by atoms with van der Waals surface area (Å²) in [4.78, 5) is 15.6. The van der Waals surface area contributed by atoms with Crippen LogP contribution in [0.25, 0.3) is 0 Å². The molecule has 1 aliphatic rings. The van der Waals surface area contributed by atoms with E-state index in [9.17, 15) is 4.79 Å². The first-order valence-electron chi connectivity index (χ1n) is 4.59. The minimum Gasteiger partial charge on any atom is -0.310 e. The zero-order valence-electron chi connectivity index (χ0n) is 7.83. The zero-order chi connectivity index (χ0) is 10.1. The van der Waals surface area contributed by atoms with E-state index < -0.39 is 0 Å². The molecule has 2 rings (SSSR count). The quantitative estimate of drug-likeness (QED) is 0.881. The third-order valence-corrected chi connectivity index (χ3v) is 2.89. The highest BCUT2D eigenvalue weighted by atomic mass is 79.9. The van der Waals surface area contributed by atoms with Gasteiger partial charge in [0, 0.05) is 16.6 Å². The van der Waals surface area contributed by atoms with Crippen molar-refractivity contribution in [1.82, 2.24) is 4.98 Å². The Morgan fingerprint density at radius 1 is 1.64 bits per heavy atom. The number of pyridine rings is 1. The van der Waals surface area contributed by atoms with Crippen molar-refractivity contribution in [3.05, 3.63) is 22.8 Å². The second kappa shape index (κ2) is 3.69. The minimum absolute atomic E-state index is 0.0901. The van der Waals surface area contributed by atoms with Gasteiger partial charge in [-0.15, -0.1) is 0 Å². The predicted molar refractivity (Wildman–Crippen MR) is 57.8 cm³/mol. The molecule has 1 heterocycles. The van der Waals surface area contributed by atoms with Crippen LogP contribution in [0.4, 0.5) is 5.82 Å². The summed E-state index contributed by atoms with van der Waals surface area (Å²) in [5.74, 6) is 1.44. The minimum atomic E-state index is 0.0901. The summed E-state index contributed by atoms with van der Waals surface area (Å²) in [5.41, 5.74) is 0. The Labute approximate surface area is 91.0 Å². The molecule has 74 valence electrons. The van der Waals surface area contributed by atoms with E-state index in [1.165, 1.54) is 0 Å². The Balaban J connectivity index is 1.97. The van der Waals surface area contributed by atoms with Gasteiger partial charge in [-0.1, -0.05) is 6.92 Å². The van der Waals surface area contributed by atoms with E-state index in [1.54, 1.807) is 12.3 Å². The molecule has 4 heteroatoms. The molecule has 3 nitrogen and oxygen atoms in total. The fourth-order valence-corrected chi connectivity index (χ4v) is 1.59. The Hall–Kier alpha value is -0.900. The fourth-order valence-electron chi connectivity index (χ4n) is 1.36. The third kappa shape index (κ3) is 2.12. The van der Waals surface area contributed by atoms with Crippen molar-refractivity contribution in [3.63, 3.8) is 0 Å². The maximum Gasteiger partial charge on any atom is 0.228 e. The average Bonchev–Trinajstić information content (AvgIpc) is 2.87. The number of anilines is 1. The largest absolute Gasteiger partial charge is 0.310 e. The van der Waals surface area contributed by atoms with Crippen LogP contribution in [0.5, 0.6) is 0 Å². The highest BCUT2D eigenvalue weighted by molar-refractivity contribution is 9.10. The van der Waals surface area contributed by atoms with Crippen molar-refractivity contribution in [2.45, 2.75) is 13.3 Å². The molecular formula is C10H11BrN2O. The molecule has 1 amide bonds. The van der Waals surface area contributed by atoms with E-state index >= 15 is 0 Å². The van der Waals surface area contributed by atoms with E-state index in [0.717, 1.165) is 10.9 Å². The normalized spacial score (nSPS) is 24.4. The van der Waals surface area contributed by atoms with Gasteiger partial charge in [0.2, 0.25) is 5.91 Å². The van der Waals surface area contributed by atoms with E-state index in [-0.39, 0.29) is 11.8 Å². The monoisotopic (exact) mass is 254 g/mol. The third-order valence-electron chi connectivity index (χ3n) is 2.42. The maximum atomic E-state index is 11.5. The lowest BCUT2D eigenvalue weighted by Crippen LogP contribution is -2.15. The van der Waals surface area contributed by atoms with Gasteiger partial charge in [-0.05, 0) is 40.4 Å². The van der Waals surface area contributed by atoms with Crippen LogP contribution in [-0.2, 0) is 4.79 Å². The van der Waals surface area contributed by atoms with Crippen molar-refractivity contribution in [3.8, 4) is 0 Å². The lowest BCUT2D eigenvalue weighted by atomic mass is 10.3. The smallest absolute Gasteiger partial charge is 0.228 e. The highest BCUT2D eigenvalue weighted by Gasteiger charge is 2.39. The first-order chi connectivity index (χ1) is 6.66. The summed E-state index contributed by atoms with van der Waals surface area (Å²) >= 11 is 3.29. The van der Waals surface area contributed by atoms with E-state index in [2.05, 4.69) is 33.2 Å². The van der Waals surface area contributed by atoms with Crippen LogP contribution in [0.1, 0.15) is 13.3 Å². The Morgan fingerprint density at radius 2 is 2.36 bits per heavy atom. The second-order valence-electron chi connectivity index (χ2n) is 3.67. The molecule has 1 aliphatic carbocycles. The van der Waals surface area contributed by atoms with Crippen LogP contribution >= 0.6 is 15.9 Å². The summed E-state index contributed by atoms with van der Waals surface area (Å²) in [7, 11) is 0. The van der Waals surface area contributed by atoms with Crippen LogP contribution < -0.4 is 5.32 Å². The van der Waals surface area contributed by atoms with Crippen LogP contribution in [0.15, 0.2) is 22.8 Å². The van der Waals surface area contributed by atoms with Crippen LogP contribution in [0.3, 0.4) is 0 Å². The van der Waals surface area contributed by atoms with Crippen molar-refractivity contribution in [2.24, 2.45) is 11.8 Å². The van der Waals surface area contributed by atoms with Crippen LogP contribution in [0.2, 0.25) is 0 Å². The van der Waals surface area contributed by atoms with Crippen molar-refractivity contribution >= 4 is 27.7 Å².